The van der Waals surface area contributed by atoms with Crippen LogP contribution in [0, 0.1) is 11.3 Å². The highest BCUT2D eigenvalue weighted by atomic mass is 16.5. The smallest absolute Gasteiger partial charge is 0.235 e. The van der Waals surface area contributed by atoms with E-state index in [1.54, 1.807) is 14.0 Å². The van der Waals surface area contributed by atoms with E-state index >= 15 is 0 Å². The maximum absolute atomic E-state index is 12.4. The van der Waals surface area contributed by atoms with Gasteiger partial charge in [0, 0.05) is 26.6 Å². The van der Waals surface area contributed by atoms with Crippen molar-refractivity contribution in [3.63, 3.8) is 0 Å². The van der Waals surface area contributed by atoms with Gasteiger partial charge in [0.2, 0.25) is 11.8 Å². The quantitative estimate of drug-likeness (QED) is 0.737. The summed E-state index contributed by atoms with van der Waals surface area (Å²) in [6.07, 6.45) is 0.614. The molecule has 5 heteroatoms. The molecule has 0 aromatic rings. The number of carbonyl (C=O) groups excluding carboxylic acids is 2. The SMILES string of the molecule is COCCC(C)(O)CN1C(=O)CC(C)(C(C)C)C1=O. The summed E-state index contributed by atoms with van der Waals surface area (Å²) in [7, 11) is 1.55. The van der Waals surface area contributed by atoms with Crippen LogP contribution in [0.2, 0.25) is 0 Å². The molecule has 1 aliphatic rings. The molecular formula is C14H25NO4. The number of likely N-dealkylation sites (tertiary alicyclic amines) is 1. The largest absolute Gasteiger partial charge is 0.388 e. The van der Waals surface area contributed by atoms with E-state index < -0.39 is 11.0 Å². The third-order valence-corrected chi connectivity index (χ3v) is 4.17. The number of rotatable bonds is 6. The highest BCUT2D eigenvalue weighted by Gasteiger charge is 2.51. The summed E-state index contributed by atoms with van der Waals surface area (Å²) in [4.78, 5) is 25.6. The Morgan fingerprint density at radius 1 is 1.47 bits per heavy atom. The molecule has 2 unspecified atom stereocenters. The molecule has 1 saturated heterocycles. The molecule has 1 rings (SSSR count). The van der Waals surface area contributed by atoms with E-state index in [0.717, 1.165) is 0 Å². The lowest BCUT2D eigenvalue weighted by atomic mass is 9.78. The molecule has 5 nitrogen and oxygen atoms in total. The lowest BCUT2D eigenvalue weighted by Crippen LogP contribution is -2.46. The van der Waals surface area contributed by atoms with Crippen LogP contribution in [0.1, 0.15) is 40.5 Å². The molecule has 0 aromatic heterocycles. The van der Waals surface area contributed by atoms with Gasteiger partial charge in [-0.2, -0.15) is 0 Å². The van der Waals surface area contributed by atoms with Crippen LogP contribution in [0.4, 0.5) is 0 Å². The summed E-state index contributed by atoms with van der Waals surface area (Å²) in [6.45, 7) is 7.76. The van der Waals surface area contributed by atoms with Crippen LogP contribution in [0.15, 0.2) is 0 Å². The molecule has 2 amide bonds. The van der Waals surface area contributed by atoms with Crippen molar-refractivity contribution in [1.82, 2.24) is 4.90 Å². The Labute approximate surface area is 114 Å². The Kier molecular flexibility index (Phi) is 4.74. The summed E-state index contributed by atoms with van der Waals surface area (Å²) >= 11 is 0. The van der Waals surface area contributed by atoms with Gasteiger partial charge in [-0.15, -0.1) is 0 Å². The average molecular weight is 271 g/mol. The van der Waals surface area contributed by atoms with Gasteiger partial charge in [-0.05, 0) is 19.8 Å². The number of amides is 2. The van der Waals surface area contributed by atoms with Crippen molar-refractivity contribution in [2.24, 2.45) is 11.3 Å². The third kappa shape index (κ3) is 3.34. The van der Waals surface area contributed by atoms with Crippen LogP contribution >= 0.6 is 0 Å². The van der Waals surface area contributed by atoms with Crippen LogP contribution in [0.25, 0.3) is 0 Å². The number of aliphatic hydroxyl groups is 1. The molecule has 0 aliphatic carbocycles. The zero-order valence-corrected chi connectivity index (χ0v) is 12.5. The van der Waals surface area contributed by atoms with Crippen molar-refractivity contribution in [1.29, 1.82) is 0 Å². The zero-order chi connectivity index (χ0) is 14.8. The Balaban J connectivity index is 2.80. The number of imide groups is 1. The minimum Gasteiger partial charge on any atom is -0.388 e. The van der Waals surface area contributed by atoms with Gasteiger partial charge >= 0.3 is 0 Å². The molecule has 0 aromatic carbocycles. The first-order valence-electron chi connectivity index (χ1n) is 6.70. The maximum atomic E-state index is 12.4. The number of hydrogen-bond donors (Lipinski definition) is 1. The highest BCUT2D eigenvalue weighted by molar-refractivity contribution is 6.05. The van der Waals surface area contributed by atoms with Crippen LogP contribution in [0.3, 0.4) is 0 Å². The van der Waals surface area contributed by atoms with E-state index in [1.165, 1.54) is 4.90 Å². The Morgan fingerprint density at radius 2 is 2.05 bits per heavy atom. The van der Waals surface area contributed by atoms with E-state index in [0.29, 0.717) is 13.0 Å². The fourth-order valence-corrected chi connectivity index (χ4v) is 2.26. The second-order valence-electron chi connectivity index (χ2n) is 6.27. The number of hydrogen-bond acceptors (Lipinski definition) is 4. The van der Waals surface area contributed by atoms with Gasteiger partial charge < -0.3 is 9.84 Å². The average Bonchev–Trinajstić information content (AvgIpc) is 2.51. The van der Waals surface area contributed by atoms with Gasteiger partial charge in [0.1, 0.15) is 0 Å². The summed E-state index contributed by atoms with van der Waals surface area (Å²) in [6, 6.07) is 0. The van der Waals surface area contributed by atoms with Crippen LogP contribution in [-0.2, 0) is 14.3 Å². The van der Waals surface area contributed by atoms with Crippen molar-refractivity contribution in [3.8, 4) is 0 Å². The first kappa shape index (κ1) is 16.1. The van der Waals surface area contributed by atoms with Gasteiger partial charge in [0.25, 0.3) is 0 Å². The van der Waals surface area contributed by atoms with Crippen LogP contribution in [0.5, 0.6) is 0 Å². The summed E-state index contributed by atoms with van der Waals surface area (Å²) in [5.74, 6) is -0.276. The summed E-state index contributed by atoms with van der Waals surface area (Å²) in [5.41, 5.74) is -1.75. The minimum atomic E-state index is -1.11. The molecule has 0 saturated carbocycles. The fourth-order valence-electron chi connectivity index (χ4n) is 2.26. The van der Waals surface area contributed by atoms with E-state index in [1.807, 2.05) is 20.8 Å². The van der Waals surface area contributed by atoms with Crippen molar-refractivity contribution in [3.05, 3.63) is 0 Å². The van der Waals surface area contributed by atoms with Crippen LogP contribution in [-0.4, -0.2) is 47.7 Å². The van der Waals surface area contributed by atoms with Crippen molar-refractivity contribution < 1.29 is 19.4 Å². The van der Waals surface area contributed by atoms with Gasteiger partial charge in [-0.25, -0.2) is 0 Å². The summed E-state index contributed by atoms with van der Waals surface area (Å²) < 4.78 is 4.93. The third-order valence-electron chi connectivity index (χ3n) is 4.17. The Hall–Kier alpha value is -0.940. The second-order valence-corrected chi connectivity index (χ2v) is 6.27. The second kappa shape index (κ2) is 5.59. The number of β-amino-alcohol motifs (C(OH)–C–C–N with tert-alkyl or cyclic N) is 1. The molecule has 1 heterocycles. The molecule has 2 atom stereocenters. The van der Waals surface area contributed by atoms with Gasteiger partial charge in [-0.1, -0.05) is 13.8 Å². The molecule has 1 N–H and O–H groups in total. The van der Waals surface area contributed by atoms with Crippen molar-refractivity contribution in [2.45, 2.75) is 46.1 Å². The first-order chi connectivity index (χ1) is 8.64. The topological polar surface area (TPSA) is 66.8 Å². The maximum Gasteiger partial charge on any atom is 0.235 e. The molecule has 19 heavy (non-hydrogen) atoms. The highest BCUT2D eigenvalue weighted by Crippen LogP contribution is 2.39. The summed E-state index contributed by atoms with van der Waals surface area (Å²) in [5, 5.41) is 10.2. The predicted molar refractivity (Wildman–Crippen MR) is 71.4 cm³/mol. The Morgan fingerprint density at radius 3 is 2.47 bits per heavy atom. The van der Waals surface area contributed by atoms with Gasteiger partial charge in [0.15, 0.2) is 0 Å². The fraction of sp³-hybridized carbons (Fsp3) is 0.857. The lowest BCUT2D eigenvalue weighted by molar-refractivity contribution is -0.146. The lowest BCUT2D eigenvalue weighted by Gasteiger charge is -2.30. The Bertz CT molecular complexity index is 364. The molecule has 1 fully saturated rings. The van der Waals surface area contributed by atoms with Gasteiger partial charge in [-0.3, -0.25) is 14.5 Å². The minimum absolute atomic E-state index is 0.0380. The number of methoxy groups -OCH3 is 1. The molecule has 110 valence electrons. The number of ether oxygens (including phenoxy) is 1. The van der Waals surface area contributed by atoms with Crippen molar-refractivity contribution in [2.75, 3.05) is 20.3 Å². The predicted octanol–water partition coefficient (Wildman–Crippen LogP) is 1.20. The normalized spacial score (nSPS) is 27.2. The van der Waals surface area contributed by atoms with Crippen LogP contribution < -0.4 is 0 Å². The molecule has 1 aliphatic heterocycles. The van der Waals surface area contributed by atoms with E-state index in [4.69, 9.17) is 4.74 Å². The first-order valence-corrected chi connectivity index (χ1v) is 6.70. The van der Waals surface area contributed by atoms with Gasteiger partial charge in [0.05, 0.1) is 17.6 Å². The van der Waals surface area contributed by atoms with E-state index in [2.05, 4.69) is 0 Å². The molecule has 0 radical (unpaired) electrons. The monoisotopic (exact) mass is 271 g/mol. The molecular weight excluding hydrogens is 246 g/mol. The van der Waals surface area contributed by atoms with Crippen molar-refractivity contribution >= 4 is 11.8 Å². The standard InChI is InChI=1S/C14H25NO4/c1-10(2)14(4)8-11(16)15(12(14)17)9-13(3,18)6-7-19-5/h10,18H,6-9H2,1-5H3. The van der Waals surface area contributed by atoms with E-state index in [-0.39, 0.29) is 30.7 Å². The van der Waals surface area contributed by atoms with E-state index in [9.17, 15) is 14.7 Å². The zero-order valence-electron chi connectivity index (χ0n) is 12.5. The molecule has 0 bridgehead atoms. The number of nitrogens with zero attached hydrogens (tertiary/aromatic N) is 1. The molecule has 0 spiro atoms. The number of carbonyl (C=O) groups is 2.